The summed E-state index contributed by atoms with van der Waals surface area (Å²) in [6.45, 7) is 5.56. The van der Waals surface area contributed by atoms with Gasteiger partial charge in [0.05, 0.1) is 5.69 Å². The zero-order chi connectivity index (χ0) is 12.2. The first-order chi connectivity index (χ1) is 8.92. The Labute approximate surface area is 115 Å². The van der Waals surface area contributed by atoms with Crippen LogP contribution in [0.25, 0.3) is 4.96 Å². The molecule has 0 bridgehead atoms. The van der Waals surface area contributed by atoms with E-state index in [1.807, 2.05) is 0 Å². The lowest BCUT2D eigenvalue weighted by atomic mass is 10.4. The SMILES string of the molecule is c1cn2cc(CNCCN3CCSCC3)nc2s1. The molecule has 0 saturated carbocycles. The second kappa shape index (κ2) is 6.06. The molecule has 2 aromatic rings. The molecule has 0 spiro atoms. The van der Waals surface area contributed by atoms with E-state index in [9.17, 15) is 0 Å². The van der Waals surface area contributed by atoms with Crippen LogP contribution < -0.4 is 5.32 Å². The van der Waals surface area contributed by atoms with Crippen LogP contribution in [0.4, 0.5) is 0 Å². The standard InChI is InChI=1S/C12H18N4S2/c1(2-15-3-6-17-7-4-15)13-9-11-10-16-5-8-18-12(16)14-11/h5,8,10,13H,1-4,6-7,9H2. The molecular weight excluding hydrogens is 264 g/mol. The monoisotopic (exact) mass is 282 g/mol. The number of hydrogen-bond acceptors (Lipinski definition) is 5. The number of rotatable bonds is 5. The highest BCUT2D eigenvalue weighted by atomic mass is 32.2. The van der Waals surface area contributed by atoms with Crippen LogP contribution in [0.1, 0.15) is 5.69 Å². The largest absolute Gasteiger partial charge is 0.310 e. The highest BCUT2D eigenvalue weighted by Crippen LogP contribution is 2.11. The van der Waals surface area contributed by atoms with E-state index < -0.39 is 0 Å². The number of thioether (sulfide) groups is 1. The van der Waals surface area contributed by atoms with Crippen molar-refractivity contribution in [3.8, 4) is 0 Å². The molecule has 3 rings (SSSR count). The summed E-state index contributed by atoms with van der Waals surface area (Å²) in [4.78, 5) is 8.18. The molecule has 1 aliphatic heterocycles. The lowest BCUT2D eigenvalue weighted by Gasteiger charge is -2.25. The zero-order valence-corrected chi connectivity index (χ0v) is 12.0. The summed E-state index contributed by atoms with van der Waals surface area (Å²) in [6.07, 6.45) is 4.16. The van der Waals surface area contributed by atoms with Gasteiger partial charge in [0.2, 0.25) is 0 Å². The van der Waals surface area contributed by atoms with E-state index in [1.54, 1.807) is 11.3 Å². The van der Waals surface area contributed by atoms with Gasteiger partial charge in [-0.15, -0.1) is 11.3 Å². The fraction of sp³-hybridized carbons (Fsp3) is 0.583. The van der Waals surface area contributed by atoms with Gasteiger partial charge in [0.25, 0.3) is 0 Å². The molecule has 0 aliphatic carbocycles. The summed E-state index contributed by atoms with van der Waals surface area (Å²) in [6, 6.07) is 0. The fourth-order valence-electron chi connectivity index (χ4n) is 2.14. The third-order valence-corrected chi connectivity index (χ3v) is 4.87. The van der Waals surface area contributed by atoms with Gasteiger partial charge in [0, 0.05) is 62.0 Å². The molecule has 0 atom stereocenters. The maximum Gasteiger partial charge on any atom is 0.193 e. The number of hydrogen-bond donors (Lipinski definition) is 1. The van der Waals surface area contributed by atoms with Gasteiger partial charge in [0.15, 0.2) is 4.96 Å². The average Bonchev–Trinajstić information content (AvgIpc) is 2.96. The normalized spacial score (nSPS) is 17.6. The Morgan fingerprint density at radius 3 is 3.06 bits per heavy atom. The lowest BCUT2D eigenvalue weighted by Crippen LogP contribution is -2.37. The molecule has 1 N–H and O–H groups in total. The molecule has 98 valence electrons. The van der Waals surface area contributed by atoms with Gasteiger partial charge in [-0.3, -0.25) is 4.40 Å². The van der Waals surface area contributed by atoms with Gasteiger partial charge in [-0.1, -0.05) is 0 Å². The van der Waals surface area contributed by atoms with Crippen LogP contribution in [-0.4, -0.2) is 52.0 Å². The van der Waals surface area contributed by atoms with Gasteiger partial charge >= 0.3 is 0 Å². The van der Waals surface area contributed by atoms with Crippen LogP contribution in [0, 0.1) is 0 Å². The van der Waals surface area contributed by atoms with E-state index in [2.05, 4.69) is 49.1 Å². The quantitative estimate of drug-likeness (QED) is 0.843. The molecule has 3 heterocycles. The van der Waals surface area contributed by atoms with Crippen molar-refractivity contribution >= 4 is 28.1 Å². The van der Waals surface area contributed by atoms with Gasteiger partial charge < -0.3 is 10.2 Å². The lowest BCUT2D eigenvalue weighted by molar-refractivity contribution is 0.301. The van der Waals surface area contributed by atoms with E-state index in [0.717, 1.165) is 30.3 Å². The van der Waals surface area contributed by atoms with Crippen molar-refractivity contribution in [2.24, 2.45) is 0 Å². The molecule has 6 heteroatoms. The van der Waals surface area contributed by atoms with E-state index in [-0.39, 0.29) is 0 Å². The Morgan fingerprint density at radius 2 is 2.22 bits per heavy atom. The Kier molecular flexibility index (Phi) is 4.20. The number of nitrogens with zero attached hydrogens (tertiary/aromatic N) is 3. The summed E-state index contributed by atoms with van der Waals surface area (Å²) in [5.41, 5.74) is 1.14. The number of imidazole rings is 1. The van der Waals surface area contributed by atoms with Gasteiger partial charge in [0.1, 0.15) is 0 Å². The van der Waals surface area contributed by atoms with Crippen LogP contribution in [0.15, 0.2) is 17.8 Å². The molecule has 1 aliphatic rings. The highest BCUT2D eigenvalue weighted by molar-refractivity contribution is 7.99. The molecule has 1 fully saturated rings. The van der Waals surface area contributed by atoms with Crippen molar-refractivity contribution < 1.29 is 0 Å². The summed E-state index contributed by atoms with van der Waals surface area (Å²) < 4.78 is 2.09. The molecule has 18 heavy (non-hydrogen) atoms. The molecule has 0 radical (unpaired) electrons. The maximum absolute atomic E-state index is 4.56. The van der Waals surface area contributed by atoms with Crippen molar-refractivity contribution in [1.82, 2.24) is 19.6 Å². The smallest absolute Gasteiger partial charge is 0.193 e. The molecule has 0 amide bonds. The third-order valence-electron chi connectivity index (χ3n) is 3.16. The predicted molar refractivity (Wildman–Crippen MR) is 78.5 cm³/mol. The Morgan fingerprint density at radius 1 is 1.33 bits per heavy atom. The summed E-state index contributed by atoms with van der Waals surface area (Å²) >= 11 is 3.75. The molecular formula is C12H18N4S2. The number of fused-ring (bicyclic) bond motifs is 1. The summed E-state index contributed by atoms with van der Waals surface area (Å²) in [7, 11) is 0. The van der Waals surface area contributed by atoms with Crippen LogP contribution >= 0.6 is 23.1 Å². The zero-order valence-electron chi connectivity index (χ0n) is 10.3. The molecule has 0 unspecified atom stereocenters. The first-order valence-corrected chi connectivity index (χ1v) is 8.37. The maximum atomic E-state index is 4.56. The minimum atomic E-state index is 0.872. The second-order valence-electron chi connectivity index (χ2n) is 4.46. The summed E-state index contributed by atoms with van der Waals surface area (Å²) in [5.74, 6) is 2.58. The number of nitrogens with one attached hydrogen (secondary N) is 1. The Balaban J connectivity index is 1.40. The predicted octanol–water partition coefficient (Wildman–Crippen LogP) is 1.53. The minimum Gasteiger partial charge on any atom is -0.310 e. The minimum absolute atomic E-state index is 0.872. The van der Waals surface area contributed by atoms with E-state index in [1.165, 1.54) is 24.6 Å². The van der Waals surface area contributed by atoms with Gasteiger partial charge in [-0.05, 0) is 0 Å². The first-order valence-electron chi connectivity index (χ1n) is 6.34. The van der Waals surface area contributed by atoms with E-state index in [4.69, 9.17) is 0 Å². The molecule has 1 saturated heterocycles. The third kappa shape index (κ3) is 3.06. The van der Waals surface area contributed by atoms with Crippen molar-refractivity contribution in [2.45, 2.75) is 6.54 Å². The first kappa shape index (κ1) is 12.5. The number of thiazole rings is 1. The fourth-order valence-corrected chi connectivity index (χ4v) is 3.84. The van der Waals surface area contributed by atoms with Gasteiger partial charge in [-0.2, -0.15) is 11.8 Å². The van der Waals surface area contributed by atoms with Crippen LogP contribution in [0.3, 0.4) is 0 Å². The van der Waals surface area contributed by atoms with Gasteiger partial charge in [-0.25, -0.2) is 4.98 Å². The Bertz CT molecular complexity index is 458. The van der Waals surface area contributed by atoms with Crippen LogP contribution in [0.2, 0.25) is 0 Å². The molecule has 2 aromatic heterocycles. The Hall–Kier alpha value is -0.560. The second-order valence-corrected chi connectivity index (χ2v) is 6.55. The summed E-state index contributed by atoms with van der Waals surface area (Å²) in [5, 5.41) is 5.54. The van der Waals surface area contributed by atoms with Crippen molar-refractivity contribution in [3.63, 3.8) is 0 Å². The van der Waals surface area contributed by atoms with Crippen molar-refractivity contribution in [1.29, 1.82) is 0 Å². The molecule has 0 aromatic carbocycles. The average molecular weight is 282 g/mol. The highest BCUT2D eigenvalue weighted by Gasteiger charge is 2.09. The van der Waals surface area contributed by atoms with E-state index in [0.29, 0.717) is 0 Å². The van der Waals surface area contributed by atoms with Crippen LogP contribution in [-0.2, 0) is 6.54 Å². The van der Waals surface area contributed by atoms with Crippen LogP contribution in [0.5, 0.6) is 0 Å². The van der Waals surface area contributed by atoms with Crippen molar-refractivity contribution in [3.05, 3.63) is 23.5 Å². The molecule has 4 nitrogen and oxygen atoms in total. The topological polar surface area (TPSA) is 32.6 Å². The number of aromatic nitrogens is 2. The van der Waals surface area contributed by atoms with Crippen molar-refractivity contribution in [2.75, 3.05) is 37.7 Å². The van der Waals surface area contributed by atoms with E-state index >= 15 is 0 Å².